The van der Waals surface area contributed by atoms with Crippen molar-refractivity contribution < 1.29 is 0 Å². The van der Waals surface area contributed by atoms with Crippen molar-refractivity contribution in [2.45, 2.75) is 20.3 Å². The quantitative estimate of drug-likeness (QED) is 0.694. The minimum Gasteiger partial charge on any atom is -0.197 e. The van der Waals surface area contributed by atoms with Gasteiger partial charge in [0.1, 0.15) is 0 Å². The zero-order valence-corrected chi connectivity index (χ0v) is 14.8. The van der Waals surface area contributed by atoms with Crippen LogP contribution in [0, 0.1) is 11.3 Å². The van der Waals surface area contributed by atoms with Gasteiger partial charge in [0, 0.05) is 17.1 Å². The Morgan fingerprint density at radius 3 is 2.35 bits per heavy atom. The molecule has 0 radical (unpaired) electrons. The average Bonchev–Trinajstić information content (AvgIpc) is 2.93. The maximum atomic E-state index is 4.22. The molecule has 6 heteroatoms. The maximum Gasteiger partial charge on any atom is 0.157 e. The Hall–Kier alpha value is -0.750. The van der Waals surface area contributed by atoms with E-state index >= 15 is 0 Å². The number of hydrogen-bond donors (Lipinski definition) is 0. The molecule has 0 saturated heterocycles. The first-order valence-electron chi connectivity index (χ1n) is 6.57. The lowest BCUT2D eigenvalue weighted by molar-refractivity contribution is 0.260. The van der Waals surface area contributed by atoms with Gasteiger partial charge in [0.2, 0.25) is 0 Å². The maximum absolute atomic E-state index is 4.22. The van der Waals surface area contributed by atoms with Crippen LogP contribution in [0.2, 0.25) is 0 Å². The Morgan fingerprint density at radius 1 is 1.15 bits per heavy atom. The van der Waals surface area contributed by atoms with E-state index in [0.29, 0.717) is 5.92 Å². The molecule has 0 bridgehead atoms. The van der Waals surface area contributed by atoms with Crippen molar-refractivity contribution in [3.63, 3.8) is 0 Å². The first kappa shape index (κ1) is 15.6. The second-order valence-electron chi connectivity index (χ2n) is 5.30. The van der Waals surface area contributed by atoms with Crippen LogP contribution in [0.15, 0.2) is 30.3 Å². The van der Waals surface area contributed by atoms with E-state index in [-0.39, 0.29) is 5.41 Å². The summed E-state index contributed by atoms with van der Waals surface area (Å²) in [7, 11) is 0. The summed E-state index contributed by atoms with van der Waals surface area (Å²) in [6, 6.07) is 10.00. The van der Waals surface area contributed by atoms with Crippen molar-refractivity contribution in [1.82, 2.24) is 20.2 Å². The third-order valence-corrected chi connectivity index (χ3v) is 6.04. The Balaban J connectivity index is 2.33. The predicted molar refractivity (Wildman–Crippen MR) is 87.7 cm³/mol. The number of benzene rings is 1. The van der Waals surface area contributed by atoms with Crippen LogP contribution >= 0.6 is 31.9 Å². The number of nitrogens with zero attached hydrogens (tertiary/aromatic N) is 4. The van der Waals surface area contributed by atoms with Crippen LogP contribution in [0.4, 0.5) is 0 Å². The van der Waals surface area contributed by atoms with Crippen molar-refractivity contribution in [2.75, 3.05) is 10.7 Å². The van der Waals surface area contributed by atoms with Crippen LogP contribution in [0.25, 0.3) is 5.69 Å². The lowest BCUT2D eigenvalue weighted by atomic mass is 9.78. The molecular weight excluding hydrogens is 384 g/mol. The molecule has 0 saturated carbocycles. The number of rotatable bonds is 6. The van der Waals surface area contributed by atoms with Gasteiger partial charge in [-0.05, 0) is 33.9 Å². The van der Waals surface area contributed by atoms with Gasteiger partial charge >= 0.3 is 0 Å². The first-order chi connectivity index (χ1) is 9.63. The monoisotopic (exact) mass is 400 g/mol. The minimum atomic E-state index is 0.0985. The summed E-state index contributed by atoms with van der Waals surface area (Å²) in [5, 5.41) is 14.0. The standard InChI is InChI=1S/C14H18Br2N4/c1-11(2)14(9-15,10-16)8-13-17-18-19-20(13)12-6-4-3-5-7-12/h3-7,11H,8-10H2,1-2H3. The fraction of sp³-hybridized carbons (Fsp3) is 0.500. The molecule has 0 unspecified atom stereocenters. The van der Waals surface area contributed by atoms with Gasteiger partial charge < -0.3 is 0 Å². The summed E-state index contributed by atoms with van der Waals surface area (Å²) in [6.45, 7) is 4.47. The molecule has 0 fully saturated rings. The predicted octanol–water partition coefficient (Wildman–Crippen LogP) is 3.64. The summed E-state index contributed by atoms with van der Waals surface area (Å²) in [5.74, 6) is 1.41. The highest BCUT2D eigenvalue weighted by Crippen LogP contribution is 2.35. The summed E-state index contributed by atoms with van der Waals surface area (Å²) >= 11 is 7.31. The molecule has 1 aromatic heterocycles. The topological polar surface area (TPSA) is 43.6 Å². The number of tetrazole rings is 1. The summed E-state index contributed by atoms with van der Waals surface area (Å²) in [6.07, 6.45) is 0.822. The van der Waals surface area contributed by atoms with E-state index in [1.54, 1.807) is 0 Å². The number of para-hydroxylation sites is 1. The molecule has 1 aromatic carbocycles. The van der Waals surface area contributed by atoms with Gasteiger partial charge in [-0.2, -0.15) is 4.68 Å². The fourth-order valence-electron chi connectivity index (χ4n) is 2.04. The Labute approximate surface area is 136 Å². The van der Waals surface area contributed by atoms with Crippen molar-refractivity contribution in [3.8, 4) is 5.69 Å². The van der Waals surface area contributed by atoms with E-state index in [1.807, 2.05) is 35.0 Å². The van der Waals surface area contributed by atoms with Gasteiger partial charge in [-0.15, -0.1) is 5.10 Å². The van der Waals surface area contributed by atoms with E-state index in [4.69, 9.17) is 0 Å². The Morgan fingerprint density at radius 2 is 1.80 bits per heavy atom. The van der Waals surface area contributed by atoms with E-state index in [1.165, 1.54) is 0 Å². The second-order valence-corrected chi connectivity index (χ2v) is 6.43. The molecule has 0 N–H and O–H groups in total. The molecule has 0 aliphatic heterocycles. The van der Waals surface area contributed by atoms with Gasteiger partial charge in [0.05, 0.1) is 5.69 Å². The third-order valence-electron chi connectivity index (χ3n) is 3.80. The highest BCUT2D eigenvalue weighted by molar-refractivity contribution is 9.09. The molecule has 0 aliphatic carbocycles. The normalized spacial score (nSPS) is 12.1. The molecule has 0 amide bonds. The lowest BCUT2D eigenvalue weighted by Gasteiger charge is -2.33. The van der Waals surface area contributed by atoms with E-state index in [9.17, 15) is 0 Å². The van der Waals surface area contributed by atoms with E-state index in [0.717, 1.165) is 28.6 Å². The number of aromatic nitrogens is 4. The molecule has 2 aromatic rings. The van der Waals surface area contributed by atoms with Crippen molar-refractivity contribution in [2.24, 2.45) is 11.3 Å². The third kappa shape index (κ3) is 3.11. The van der Waals surface area contributed by atoms with Crippen molar-refractivity contribution in [1.29, 1.82) is 0 Å². The molecule has 4 nitrogen and oxygen atoms in total. The SMILES string of the molecule is CC(C)C(CBr)(CBr)Cc1nnnn1-c1ccccc1. The van der Waals surface area contributed by atoms with Gasteiger partial charge in [-0.1, -0.05) is 63.9 Å². The molecule has 0 spiro atoms. The smallest absolute Gasteiger partial charge is 0.157 e. The molecule has 20 heavy (non-hydrogen) atoms. The zero-order valence-electron chi connectivity index (χ0n) is 11.6. The van der Waals surface area contributed by atoms with Crippen LogP contribution in [0.1, 0.15) is 19.7 Å². The first-order valence-corrected chi connectivity index (χ1v) is 8.82. The second kappa shape index (κ2) is 6.80. The minimum absolute atomic E-state index is 0.0985. The lowest BCUT2D eigenvalue weighted by Crippen LogP contribution is -2.34. The van der Waals surface area contributed by atoms with Crippen LogP contribution in [-0.4, -0.2) is 30.9 Å². The molecule has 1 heterocycles. The van der Waals surface area contributed by atoms with Crippen LogP contribution < -0.4 is 0 Å². The Kier molecular flexibility index (Phi) is 5.32. The fourth-order valence-corrected chi connectivity index (χ4v) is 4.66. The van der Waals surface area contributed by atoms with E-state index in [2.05, 4.69) is 61.2 Å². The van der Waals surface area contributed by atoms with Gasteiger partial charge in [0.25, 0.3) is 0 Å². The number of halogens is 2. The number of hydrogen-bond acceptors (Lipinski definition) is 3. The summed E-state index contributed by atoms with van der Waals surface area (Å²) in [4.78, 5) is 0. The van der Waals surface area contributed by atoms with Crippen LogP contribution in [-0.2, 0) is 6.42 Å². The van der Waals surface area contributed by atoms with Gasteiger partial charge in [0.15, 0.2) is 5.82 Å². The molecular formula is C14H18Br2N4. The van der Waals surface area contributed by atoms with Gasteiger partial charge in [-0.3, -0.25) is 0 Å². The van der Waals surface area contributed by atoms with Crippen molar-refractivity contribution >= 4 is 31.9 Å². The summed E-state index contributed by atoms with van der Waals surface area (Å²) < 4.78 is 1.82. The molecule has 108 valence electrons. The van der Waals surface area contributed by atoms with Gasteiger partial charge in [-0.25, -0.2) is 0 Å². The van der Waals surface area contributed by atoms with Crippen LogP contribution in [0.3, 0.4) is 0 Å². The average molecular weight is 402 g/mol. The highest BCUT2D eigenvalue weighted by Gasteiger charge is 2.34. The highest BCUT2D eigenvalue weighted by atomic mass is 79.9. The van der Waals surface area contributed by atoms with Crippen LogP contribution in [0.5, 0.6) is 0 Å². The molecule has 0 aliphatic rings. The van der Waals surface area contributed by atoms with Crippen molar-refractivity contribution in [3.05, 3.63) is 36.2 Å². The molecule has 2 rings (SSSR count). The largest absolute Gasteiger partial charge is 0.197 e. The summed E-state index contributed by atoms with van der Waals surface area (Å²) in [5.41, 5.74) is 1.09. The van der Waals surface area contributed by atoms with E-state index < -0.39 is 0 Å². The zero-order chi connectivity index (χ0) is 14.6. The Bertz CT molecular complexity index is 535. The number of alkyl halides is 2. The molecule has 0 atom stereocenters.